The van der Waals surface area contributed by atoms with Crippen molar-refractivity contribution >= 4 is 34.1 Å². The minimum Gasteiger partial charge on any atom is -0.481 e. The molecule has 1 atom stereocenters. The molecule has 0 fully saturated rings. The molecule has 0 aliphatic rings. The van der Waals surface area contributed by atoms with Crippen LogP contribution >= 0.6 is 23.2 Å². The van der Waals surface area contributed by atoms with Crippen molar-refractivity contribution in [1.82, 2.24) is 0 Å². The van der Waals surface area contributed by atoms with Gasteiger partial charge in [0.25, 0.3) is 10.9 Å². The molecule has 0 amide bonds. The first-order chi connectivity index (χ1) is 12.8. The standard InChI is InChI=1S/C19H19Cl2NO5/c1-4-12-8-15(9-13(5-2)18(12)26-11(3)19(21)23)27-17-7-6-14(22(24)25)10-16(17)20/h6-11H,4-5H2,1-3H3. The molecule has 6 nitrogen and oxygen atoms in total. The highest BCUT2D eigenvalue weighted by Gasteiger charge is 2.18. The van der Waals surface area contributed by atoms with E-state index in [2.05, 4.69) is 0 Å². The third-order valence-corrected chi connectivity index (χ3v) is 4.55. The minimum atomic E-state index is -0.766. The molecule has 0 heterocycles. The van der Waals surface area contributed by atoms with Crippen molar-refractivity contribution in [3.63, 3.8) is 0 Å². The lowest BCUT2D eigenvalue weighted by Crippen LogP contribution is -2.20. The van der Waals surface area contributed by atoms with Crippen LogP contribution in [0.3, 0.4) is 0 Å². The van der Waals surface area contributed by atoms with Gasteiger partial charge in [0, 0.05) is 12.1 Å². The number of halogens is 2. The molecule has 0 saturated carbocycles. The Hall–Kier alpha value is -2.31. The molecule has 0 spiro atoms. The molecule has 0 radical (unpaired) electrons. The van der Waals surface area contributed by atoms with Crippen LogP contribution in [0, 0.1) is 10.1 Å². The van der Waals surface area contributed by atoms with Crippen molar-refractivity contribution in [2.45, 2.75) is 39.7 Å². The molecule has 0 bridgehead atoms. The average molecular weight is 412 g/mol. The zero-order valence-electron chi connectivity index (χ0n) is 15.1. The van der Waals surface area contributed by atoms with E-state index in [4.69, 9.17) is 32.7 Å². The molecule has 144 valence electrons. The molecule has 2 aromatic rings. The number of carbonyl (C=O) groups excluding carboxylic acids is 1. The predicted molar refractivity (Wildman–Crippen MR) is 104 cm³/mol. The van der Waals surface area contributed by atoms with Gasteiger partial charge < -0.3 is 9.47 Å². The Kier molecular flexibility index (Phi) is 7.05. The van der Waals surface area contributed by atoms with Crippen molar-refractivity contribution in [2.75, 3.05) is 0 Å². The average Bonchev–Trinajstić information content (AvgIpc) is 2.63. The van der Waals surface area contributed by atoms with Gasteiger partial charge >= 0.3 is 0 Å². The lowest BCUT2D eigenvalue weighted by Gasteiger charge is -2.19. The van der Waals surface area contributed by atoms with Gasteiger partial charge in [-0.1, -0.05) is 25.4 Å². The number of hydrogen-bond donors (Lipinski definition) is 0. The summed E-state index contributed by atoms with van der Waals surface area (Å²) in [6, 6.07) is 7.60. The van der Waals surface area contributed by atoms with Crippen LogP contribution in [0.25, 0.3) is 0 Å². The van der Waals surface area contributed by atoms with Gasteiger partial charge in [-0.25, -0.2) is 0 Å². The molecular formula is C19H19Cl2NO5. The minimum absolute atomic E-state index is 0.112. The third kappa shape index (κ3) is 5.11. The second-order valence-corrected chi connectivity index (χ2v) is 6.60. The number of ether oxygens (including phenoxy) is 2. The molecule has 0 saturated heterocycles. The summed E-state index contributed by atoms with van der Waals surface area (Å²) in [7, 11) is 0. The van der Waals surface area contributed by atoms with Crippen molar-refractivity contribution in [3.8, 4) is 17.2 Å². The SMILES string of the molecule is CCc1cc(Oc2ccc([N+](=O)[O-])cc2Cl)cc(CC)c1OC(C)C(=O)Cl. The topological polar surface area (TPSA) is 78.7 Å². The van der Waals surface area contributed by atoms with E-state index in [1.807, 2.05) is 13.8 Å². The smallest absolute Gasteiger partial charge is 0.271 e. The second kappa shape index (κ2) is 9.06. The molecule has 27 heavy (non-hydrogen) atoms. The van der Waals surface area contributed by atoms with Crippen LogP contribution in [0.15, 0.2) is 30.3 Å². The van der Waals surface area contributed by atoms with Crippen LogP contribution in [0.4, 0.5) is 5.69 Å². The number of hydrogen-bond acceptors (Lipinski definition) is 5. The number of aryl methyl sites for hydroxylation is 2. The Bertz CT molecular complexity index is 844. The number of benzene rings is 2. The first-order valence-electron chi connectivity index (χ1n) is 8.40. The van der Waals surface area contributed by atoms with E-state index in [1.165, 1.54) is 18.2 Å². The summed E-state index contributed by atoms with van der Waals surface area (Å²) in [5.74, 6) is 1.45. The van der Waals surface area contributed by atoms with E-state index >= 15 is 0 Å². The molecular weight excluding hydrogens is 393 g/mol. The fourth-order valence-corrected chi connectivity index (χ4v) is 2.75. The van der Waals surface area contributed by atoms with E-state index in [0.717, 1.165) is 11.1 Å². The van der Waals surface area contributed by atoms with Gasteiger partial charge in [0.05, 0.1) is 9.95 Å². The van der Waals surface area contributed by atoms with E-state index in [-0.39, 0.29) is 10.7 Å². The van der Waals surface area contributed by atoms with Gasteiger partial charge in [-0.2, -0.15) is 0 Å². The zero-order chi connectivity index (χ0) is 20.1. The van der Waals surface area contributed by atoms with Crippen molar-refractivity contribution in [1.29, 1.82) is 0 Å². The number of rotatable bonds is 8. The number of nitro groups is 1. The first-order valence-corrected chi connectivity index (χ1v) is 9.15. The van der Waals surface area contributed by atoms with Crippen molar-refractivity contribution in [3.05, 3.63) is 56.6 Å². The summed E-state index contributed by atoms with van der Waals surface area (Å²) < 4.78 is 11.6. The van der Waals surface area contributed by atoms with E-state index in [0.29, 0.717) is 30.1 Å². The van der Waals surface area contributed by atoms with Crippen molar-refractivity contribution in [2.24, 2.45) is 0 Å². The van der Waals surface area contributed by atoms with Gasteiger partial charge in [-0.05, 0) is 60.7 Å². The van der Waals surface area contributed by atoms with E-state index in [1.54, 1.807) is 19.1 Å². The van der Waals surface area contributed by atoms with E-state index < -0.39 is 16.3 Å². The Morgan fingerprint density at radius 2 is 1.78 bits per heavy atom. The Morgan fingerprint density at radius 1 is 1.19 bits per heavy atom. The van der Waals surface area contributed by atoms with Gasteiger partial charge in [-0.3, -0.25) is 14.9 Å². The summed E-state index contributed by atoms with van der Waals surface area (Å²) in [4.78, 5) is 21.6. The zero-order valence-corrected chi connectivity index (χ0v) is 16.6. The first kappa shape index (κ1) is 21.0. The van der Waals surface area contributed by atoms with Gasteiger partial charge in [-0.15, -0.1) is 0 Å². The largest absolute Gasteiger partial charge is 0.481 e. The van der Waals surface area contributed by atoms with Crippen molar-refractivity contribution < 1.29 is 19.2 Å². The monoisotopic (exact) mass is 411 g/mol. The molecule has 0 aliphatic heterocycles. The maximum Gasteiger partial charge on any atom is 0.271 e. The Labute approximate surface area is 167 Å². The second-order valence-electron chi connectivity index (χ2n) is 5.82. The molecule has 8 heteroatoms. The van der Waals surface area contributed by atoms with Crippen LogP contribution in [0.2, 0.25) is 5.02 Å². The molecule has 2 aromatic carbocycles. The fraction of sp³-hybridized carbons (Fsp3) is 0.316. The van der Waals surface area contributed by atoms with Crippen LogP contribution in [-0.2, 0) is 17.6 Å². The maximum absolute atomic E-state index is 11.3. The maximum atomic E-state index is 11.3. The number of non-ortho nitro benzene ring substituents is 1. The predicted octanol–water partition coefficient (Wildman–Crippen LogP) is 5.70. The molecule has 0 aliphatic carbocycles. The third-order valence-electron chi connectivity index (χ3n) is 3.95. The molecule has 2 rings (SSSR count). The Morgan fingerprint density at radius 3 is 2.22 bits per heavy atom. The lowest BCUT2D eigenvalue weighted by molar-refractivity contribution is -0.384. The molecule has 0 aromatic heterocycles. The van der Waals surface area contributed by atoms with Crippen LogP contribution < -0.4 is 9.47 Å². The summed E-state index contributed by atoms with van der Waals surface area (Å²) in [5, 5.41) is 10.4. The summed E-state index contributed by atoms with van der Waals surface area (Å²) in [5.41, 5.74) is 1.60. The van der Waals surface area contributed by atoms with Gasteiger partial charge in [0.1, 0.15) is 17.2 Å². The van der Waals surface area contributed by atoms with Gasteiger partial charge in [0.2, 0.25) is 0 Å². The highest BCUT2D eigenvalue weighted by Crippen LogP contribution is 2.36. The highest BCUT2D eigenvalue weighted by molar-refractivity contribution is 6.64. The summed E-state index contributed by atoms with van der Waals surface area (Å²) in [6.45, 7) is 5.50. The van der Waals surface area contributed by atoms with Gasteiger partial charge in [0.15, 0.2) is 6.10 Å². The highest BCUT2D eigenvalue weighted by atomic mass is 35.5. The Balaban J connectivity index is 2.38. The summed E-state index contributed by atoms with van der Waals surface area (Å²) in [6.07, 6.45) is 0.533. The molecule has 1 unspecified atom stereocenters. The normalized spacial score (nSPS) is 11.7. The van der Waals surface area contributed by atoms with Crippen LogP contribution in [0.1, 0.15) is 31.9 Å². The quantitative estimate of drug-likeness (QED) is 0.316. The lowest BCUT2D eigenvalue weighted by atomic mass is 10.0. The molecule has 0 N–H and O–H groups in total. The van der Waals surface area contributed by atoms with E-state index in [9.17, 15) is 14.9 Å². The fourth-order valence-electron chi connectivity index (χ4n) is 2.49. The van der Waals surface area contributed by atoms with Crippen LogP contribution in [0.5, 0.6) is 17.2 Å². The van der Waals surface area contributed by atoms with Crippen LogP contribution in [-0.4, -0.2) is 16.3 Å². The summed E-state index contributed by atoms with van der Waals surface area (Å²) >= 11 is 11.6. The number of nitrogens with zero attached hydrogens (tertiary/aromatic N) is 1. The number of carbonyl (C=O) groups is 1. The number of nitro benzene ring substituents is 1.